The van der Waals surface area contributed by atoms with Crippen LogP contribution < -0.4 is 10.5 Å². The van der Waals surface area contributed by atoms with Gasteiger partial charge in [0.05, 0.1) is 16.6 Å². The van der Waals surface area contributed by atoms with Crippen molar-refractivity contribution in [2.24, 2.45) is 0 Å². The third-order valence-corrected chi connectivity index (χ3v) is 5.03. The van der Waals surface area contributed by atoms with Gasteiger partial charge in [-0.2, -0.15) is 15.0 Å². The number of rotatable bonds is 4. The molecule has 3 aromatic heterocycles. The van der Waals surface area contributed by atoms with Gasteiger partial charge in [-0.1, -0.05) is 6.07 Å². The summed E-state index contributed by atoms with van der Waals surface area (Å²) in [7, 11) is -4.09. The van der Waals surface area contributed by atoms with Gasteiger partial charge in [-0.15, -0.1) is 0 Å². The number of nitriles is 1. The number of aromatic nitrogens is 4. The largest absolute Gasteiger partial charge is 0.417 e. The van der Waals surface area contributed by atoms with Crippen molar-refractivity contribution >= 4 is 26.9 Å². The summed E-state index contributed by atoms with van der Waals surface area (Å²) in [6, 6.07) is 10.8. The molecule has 0 saturated heterocycles. The molecule has 0 aliphatic rings. The molecular weight excluding hydrogens is 372 g/mol. The molecule has 0 aliphatic carbocycles. The number of oxazole rings is 1. The molecule has 4 aromatic rings. The van der Waals surface area contributed by atoms with Crippen LogP contribution in [0, 0.1) is 11.3 Å². The van der Waals surface area contributed by atoms with E-state index < -0.39 is 15.8 Å². The number of hydrogen-bond donors (Lipinski definition) is 2. The predicted octanol–water partition coefficient (Wildman–Crippen LogP) is 1.37. The van der Waals surface area contributed by atoms with E-state index in [1.54, 1.807) is 18.2 Å². The maximum absolute atomic E-state index is 12.8. The first-order chi connectivity index (χ1) is 13.0. The Labute approximate surface area is 151 Å². The molecule has 1 aromatic carbocycles. The lowest BCUT2D eigenvalue weighted by atomic mass is 10.3. The third kappa shape index (κ3) is 2.94. The number of pyridine rings is 1. The van der Waals surface area contributed by atoms with Crippen LogP contribution in [0.3, 0.4) is 0 Å². The second kappa shape index (κ2) is 6.11. The number of fused-ring (bicyclic) bond motifs is 1. The molecule has 0 aliphatic heterocycles. The average Bonchev–Trinajstić information content (AvgIpc) is 3.23. The van der Waals surface area contributed by atoms with E-state index in [-0.39, 0.29) is 21.9 Å². The van der Waals surface area contributed by atoms with Crippen LogP contribution in [0.5, 0.6) is 0 Å². The number of H-pyrrole nitrogens is 1. The summed E-state index contributed by atoms with van der Waals surface area (Å²) in [4.78, 5) is 17.6. The van der Waals surface area contributed by atoms with E-state index in [2.05, 4.69) is 19.8 Å². The Morgan fingerprint density at radius 1 is 1.26 bits per heavy atom. The Kier molecular flexibility index (Phi) is 3.75. The summed E-state index contributed by atoms with van der Waals surface area (Å²) in [5.74, 6) is -0.400. The van der Waals surface area contributed by atoms with Gasteiger partial charge in [0, 0.05) is 12.3 Å². The highest BCUT2D eigenvalue weighted by molar-refractivity contribution is 7.92. The van der Waals surface area contributed by atoms with Crippen molar-refractivity contribution in [1.29, 1.82) is 5.26 Å². The maximum atomic E-state index is 12.8. The van der Waals surface area contributed by atoms with Crippen LogP contribution in [-0.4, -0.2) is 28.2 Å². The summed E-state index contributed by atoms with van der Waals surface area (Å²) in [6.45, 7) is 0. The van der Waals surface area contributed by atoms with Crippen molar-refractivity contribution in [2.75, 3.05) is 4.72 Å². The predicted molar refractivity (Wildman–Crippen MR) is 93.7 cm³/mol. The first-order valence-electron chi connectivity index (χ1n) is 7.53. The lowest BCUT2D eigenvalue weighted by Gasteiger charge is -2.10. The summed E-state index contributed by atoms with van der Waals surface area (Å²) in [5.41, 5.74) is 0.496. The van der Waals surface area contributed by atoms with Gasteiger partial charge in [-0.05, 0) is 24.3 Å². The Balaban J connectivity index is 1.79. The van der Waals surface area contributed by atoms with E-state index in [0.29, 0.717) is 11.3 Å². The van der Waals surface area contributed by atoms with Crippen LogP contribution in [-0.2, 0) is 10.0 Å². The van der Waals surface area contributed by atoms with Crippen molar-refractivity contribution in [1.82, 2.24) is 19.7 Å². The van der Waals surface area contributed by atoms with Crippen molar-refractivity contribution in [3.8, 4) is 11.9 Å². The van der Waals surface area contributed by atoms with Gasteiger partial charge in [0.25, 0.3) is 10.0 Å². The van der Waals surface area contributed by atoms with Crippen LogP contribution >= 0.6 is 0 Å². The molecule has 0 spiro atoms. The maximum Gasteiger partial charge on any atom is 0.417 e. The summed E-state index contributed by atoms with van der Waals surface area (Å²) in [5, 5.41) is 13.3. The minimum atomic E-state index is -4.09. The van der Waals surface area contributed by atoms with E-state index in [4.69, 9.17) is 4.42 Å². The molecule has 2 N–H and O–H groups in total. The van der Waals surface area contributed by atoms with Crippen LogP contribution in [0.4, 0.5) is 5.82 Å². The SMILES string of the molecule is N#Cc1cnn(-c2ccccn2)c1NS(=O)(=O)c1ccc2[nH]c(=O)oc2c1. The zero-order valence-corrected chi connectivity index (χ0v) is 14.3. The number of nitrogens with one attached hydrogen (secondary N) is 2. The highest BCUT2D eigenvalue weighted by atomic mass is 32.2. The van der Waals surface area contributed by atoms with E-state index in [1.807, 2.05) is 6.07 Å². The number of hydrogen-bond acceptors (Lipinski definition) is 7. The summed E-state index contributed by atoms with van der Waals surface area (Å²) in [6.07, 6.45) is 2.75. The fraction of sp³-hybridized carbons (Fsp3) is 0. The van der Waals surface area contributed by atoms with E-state index >= 15 is 0 Å². The molecule has 11 heteroatoms. The monoisotopic (exact) mass is 382 g/mol. The number of sulfonamides is 1. The van der Waals surface area contributed by atoms with Crippen LogP contribution in [0.25, 0.3) is 16.9 Å². The van der Waals surface area contributed by atoms with Crippen molar-refractivity contribution in [3.63, 3.8) is 0 Å². The van der Waals surface area contributed by atoms with Crippen molar-refractivity contribution in [2.45, 2.75) is 4.90 Å². The first kappa shape index (κ1) is 16.6. The lowest BCUT2D eigenvalue weighted by Crippen LogP contribution is -2.17. The normalized spacial score (nSPS) is 11.4. The zero-order chi connectivity index (χ0) is 19.0. The Bertz CT molecular complexity index is 1350. The standard InChI is InChI=1S/C16H10N6O4S/c17-8-10-9-19-22(14-3-1-2-6-18-14)15(10)21-27(24,25)11-4-5-12-13(7-11)26-16(23)20-12/h1-7,9,21H,(H,20,23). The van der Waals surface area contributed by atoms with E-state index in [1.165, 1.54) is 35.3 Å². The molecule has 10 nitrogen and oxygen atoms in total. The second-order valence-corrected chi connectivity index (χ2v) is 7.08. The molecule has 3 heterocycles. The minimum absolute atomic E-state index is 0.0264. The zero-order valence-electron chi connectivity index (χ0n) is 13.4. The highest BCUT2D eigenvalue weighted by Gasteiger charge is 2.22. The Morgan fingerprint density at radius 2 is 2.11 bits per heavy atom. The Morgan fingerprint density at radius 3 is 2.85 bits per heavy atom. The van der Waals surface area contributed by atoms with E-state index in [9.17, 15) is 18.5 Å². The molecule has 0 unspecified atom stereocenters. The molecule has 0 amide bonds. The topological polar surface area (TPSA) is 147 Å². The van der Waals surface area contributed by atoms with Gasteiger partial charge in [0.2, 0.25) is 0 Å². The van der Waals surface area contributed by atoms with Crippen LogP contribution in [0.2, 0.25) is 0 Å². The van der Waals surface area contributed by atoms with Crippen molar-refractivity contribution < 1.29 is 12.8 Å². The molecular formula is C16H10N6O4S. The number of aromatic amines is 1. The van der Waals surface area contributed by atoms with Crippen LogP contribution in [0.1, 0.15) is 5.56 Å². The van der Waals surface area contributed by atoms with Gasteiger partial charge in [0.15, 0.2) is 17.2 Å². The fourth-order valence-corrected chi connectivity index (χ4v) is 3.54. The molecule has 0 radical (unpaired) electrons. The van der Waals surface area contributed by atoms with Gasteiger partial charge >= 0.3 is 5.76 Å². The number of nitrogens with zero attached hydrogens (tertiary/aromatic N) is 4. The lowest BCUT2D eigenvalue weighted by molar-refractivity contribution is 0.554. The third-order valence-electron chi connectivity index (χ3n) is 3.69. The molecule has 4 rings (SSSR count). The van der Waals surface area contributed by atoms with Crippen molar-refractivity contribution in [3.05, 3.63) is 64.9 Å². The minimum Gasteiger partial charge on any atom is -0.408 e. The number of anilines is 1. The highest BCUT2D eigenvalue weighted by Crippen LogP contribution is 2.23. The molecule has 134 valence electrons. The smallest absolute Gasteiger partial charge is 0.408 e. The molecule has 27 heavy (non-hydrogen) atoms. The fourth-order valence-electron chi connectivity index (χ4n) is 2.46. The van der Waals surface area contributed by atoms with Crippen LogP contribution in [0.15, 0.2) is 62.9 Å². The van der Waals surface area contributed by atoms with E-state index in [0.717, 1.165) is 0 Å². The first-order valence-corrected chi connectivity index (χ1v) is 9.01. The number of benzene rings is 1. The van der Waals surface area contributed by atoms with Gasteiger partial charge in [0.1, 0.15) is 11.6 Å². The quantitative estimate of drug-likeness (QED) is 0.542. The second-order valence-electron chi connectivity index (χ2n) is 5.40. The average molecular weight is 382 g/mol. The Hall–Kier alpha value is -3.91. The van der Waals surface area contributed by atoms with Gasteiger partial charge < -0.3 is 4.42 Å². The molecule has 0 bridgehead atoms. The summed E-state index contributed by atoms with van der Waals surface area (Å²) >= 11 is 0. The molecule has 0 fully saturated rings. The summed E-state index contributed by atoms with van der Waals surface area (Å²) < 4.78 is 34.0. The van der Waals surface area contributed by atoms with Gasteiger partial charge in [-0.3, -0.25) is 9.71 Å². The molecule has 0 atom stereocenters. The molecule has 0 saturated carbocycles. The van der Waals surface area contributed by atoms with Gasteiger partial charge in [-0.25, -0.2) is 18.2 Å².